The molecule has 0 saturated carbocycles. The lowest BCUT2D eigenvalue weighted by Gasteiger charge is -2.16. The third-order valence-electron chi connectivity index (χ3n) is 7.94. The number of amides is 3. The molecule has 238 valence electrons. The van der Waals surface area contributed by atoms with Crippen LogP contribution < -0.4 is 0 Å². The Morgan fingerprint density at radius 1 is 0.683 bits per heavy atom. The maximum absolute atomic E-state index is 11.2. The zero-order valence-electron chi connectivity index (χ0n) is 26.3. The van der Waals surface area contributed by atoms with Crippen molar-refractivity contribution in [3.05, 3.63) is 0 Å². The summed E-state index contributed by atoms with van der Waals surface area (Å²) >= 11 is 0. The normalized spacial score (nSPS) is 21.5. The Labute approximate surface area is 248 Å². The average molecular weight is 584 g/mol. The molecule has 0 radical (unpaired) electrons. The van der Waals surface area contributed by atoms with Crippen molar-refractivity contribution in [2.45, 2.75) is 85.2 Å². The summed E-state index contributed by atoms with van der Waals surface area (Å²) in [6.45, 7) is 18.9. The molecule has 0 aromatic heterocycles. The molecule has 4 fully saturated rings. The lowest BCUT2D eigenvalue weighted by molar-refractivity contribution is -0.129. The van der Waals surface area contributed by atoms with Gasteiger partial charge in [-0.05, 0) is 31.1 Å². The van der Waals surface area contributed by atoms with Gasteiger partial charge in [0.1, 0.15) is 6.10 Å². The number of hydrogen-bond acceptors (Lipinski definition) is 7. The summed E-state index contributed by atoms with van der Waals surface area (Å²) < 4.78 is 21.4. The van der Waals surface area contributed by atoms with E-state index in [1.807, 2.05) is 14.7 Å². The fourth-order valence-corrected chi connectivity index (χ4v) is 4.53. The van der Waals surface area contributed by atoms with E-state index < -0.39 is 0 Å². The molecular formula is C31H57N3O7. The quantitative estimate of drug-likeness (QED) is 0.191. The molecule has 4 aliphatic heterocycles. The van der Waals surface area contributed by atoms with Crippen molar-refractivity contribution in [1.82, 2.24) is 14.7 Å². The van der Waals surface area contributed by atoms with Crippen LogP contribution in [-0.4, -0.2) is 124 Å². The second-order valence-electron chi connectivity index (χ2n) is 11.7. The minimum Gasteiger partial charge on any atom is -0.379 e. The molecule has 0 aromatic rings. The molecule has 3 unspecified atom stereocenters. The first kappa shape index (κ1) is 35.4. The minimum absolute atomic E-state index is 0.270. The first-order valence-corrected chi connectivity index (χ1v) is 16.0. The van der Waals surface area contributed by atoms with Crippen LogP contribution in [0, 0.1) is 11.8 Å². The van der Waals surface area contributed by atoms with Gasteiger partial charge in [0.15, 0.2) is 0 Å². The van der Waals surface area contributed by atoms with Crippen LogP contribution in [0.2, 0.25) is 0 Å². The maximum atomic E-state index is 11.2. The molecule has 3 atom stereocenters. The summed E-state index contributed by atoms with van der Waals surface area (Å²) in [6.07, 6.45) is 7.85. The Hall–Kier alpha value is -1.75. The molecule has 4 aliphatic rings. The van der Waals surface area contributed by atoms with Crippen molar-refractivity contribution >= 4 is 17.7 Å². The van der Waals surface area contributed by atoms with E-state index >= 15 is 0 Å². The number of carbonyl (C=O) groups excluding carboxylic acids is 3. The highest BCUT2D eigenvalue weighted by Crippen LogP contribution is 2.11. The van der Waals surface area contributed by atoms with Crippen molar-refractivity contribution in [3.63, 3.8) is 0 Å². The minimum atomic E-state index is 0.270. The summed E-state index contributed by atoms with van der Waals surface area (Å²) in [5, 5.41) is 0. The second-order valence-corrected chi connectivity index (χ2v) is 11.7. The summed E-state index contributed by atoms with van der Waals surface area (Å²) in [4.78, 5) is 39.3. The Bertz CT molecular complexity index is 709. The van der Waals surface area contributed by atoms with Crippen molar-refractivity contribution in [2.24, 2.45) is 11.8 Å². The van der Waals surface area contributed by atoms with Crippen LogP contribution in [0.15, 0.2) is 0 Å². The summed E-state index contributed by atoms with van der Waals surface area (Å²) in [7, 11) is 0. The molecule has 0 aliphatic carbocycles. The number of carbonyl (C=O) groups is 3. The number of nitrogens with zero attached hydrogens (tertiary/aromatic N) is 3. The molecule has 41 heavy (non-hydrogen) atoms. The van der Waals surface area contributed by atoms with Crippen LogP contribution in [0.4, 0.5) is 0 Å². The van der Waals surface area contributed by atoms with Crippen LogP contribution in [0.25, 0.3) is 0 Å². The maximum Gasteiger partial charge on any atom is 0.222 e. The first-order chi connectivity index (χ1) is 19.8. The van der Waals surface area contributed by atoms with Gasteiger partial charge in [0.2, 0.25) is 17.7 Å². The van der Waals surface area contributed by atoms with Gasteiger partial charge >= 0.3 is 0 Å². The van der Waals surface area contributed by atoms with Crippen molar-refractivity contribution in [1.29, 1.82) is 0 Å². The largest absolute Gasteiger partial charge is 0.379 e. The van der Waals surface area contributed by atoms with E-state index in [2.05, 4.69) is 27.7 Å². The highest BCUT2D eigenvalue weighted by Gasteiger charge is 2.23. The van der Waals surface area contributed by atoms with E-state index in [4.69, 9.17) is 18.9 Å². The van der Waals surface area contributed by atoms with E-state index in [0.29, 0.717) is 50.8 Å². The van der Waals surface area contributed by atoms with Gasteiger partial charge in [-0.25, -0.2) is 0 Å². The van der Waals surface area contributed by atoms with Gasteiger partial charge in [0.05, 0.1) is 33.0 Å². The Morgan fingerprint density at radius 3 is 1.34 bits per heavy atom. The summed E-state index contributed by atoms with van der Waals surface area (Å²) in [6, 6.07) is 0. The Balaban J connectivity index is 0.000000215. The van der Waals surface area contributed by atoms with E-state index in [1.54, 1.807) is 0 Å². The van der Waals surface area contributed by atoms with Crippen molar-refractivity contribution in [2.75, 3.05) is 85.5 Å². The van der Waals surface area contributed by atoms with Crippen LogP contribution in [-0.2, 0) is 33.3 Å². The van der Waals surface area contributed by atoms with Gasteiger partial charge in [-0.2, -0.15) is 0 Å². The second kappa shape index (κ2) is 21.0. The number of epoxide rings is 1. The summed E-state index contributed by atoms with van der Waals surface area (Å²) in [5.41, 5.74) is 0. The number of rotatable bonds is 17. The van der Waals surface area contributed by atoms with Gasteiger partial charge in [-0.1, -0.05) is 40.5 Å². The number of hydrogen-bond donors (Lipinski definition) is 0. The molecule has 4 rings (SSSR count). The number of likely N-dealkylation sites (tertiary alicyclic amines) is 3. The lowest BCUT2D eigenvalue weighted by atomic mass is 10.1. The fourth-order valence-electron chi connectivity index (χ4n) is 4.53. The lowest BCUT2D eigenvalue weighted by Crippen LogP contribution is -2.28. The third-order valence-corrected chi connectivity index (χ3v) is 7.94. The van der Waals surface area contributed by atoms with Crippen LogP contribution >= 0.6 is 0 Å². The van der Waals surface area contributed by atoms with Crippen LogP contribution in [0.3, 0.4) is 0 Å². The van der Waals surface area contributed by atoms with Crippen LogP contribution in [0.1, 0.15) is 79.1 Å². The molecule has 4 heterocycles. The molecule has 0 bridgehead atoms. The highest BCUT2D eigenvalue weighted by atomic mass is 16.6. The molecule has 0 N–H and O–H groups in total. The third kappa shape index (κ3) is 15.9. The standard InChI is InChI=1S/2C11H21NO2.C9H15NO3/c2*1-3-10(2)9-14-8-7-12-6-4-5-11(12)13;11-9-2-1-3-10(9)4-5-12-6-8-7-13-8/h2*10H,3-9H2,1-2H3;8H,1-7H2. The fraction of sp³-hybridized carbons (Fsp3) is 0.903. The van der Waals surface area contributed by atoms with Gasteiger partial charge in [0.25, 0.3) is 0 Å². The Kier molecular flexibility index (Phi) is 18.2. The summed E-state index contributed by atoms with van der Waals surface area (Å²) in [5.74, 6) is 2.11. The van der Waals surface area contributed by atoms with Gasteiger partial charge in [0, 0.05) is 71.7 Å². The Morgan fingerprint density at radius 2 is 1.05 bits per heavy atom. The molecule has 0 spiro atoms. The van der Waals surface area contributed by atoms with Crippen molar-refractivity contribution < 1.29 is 33.3 Å². The van der Waals surface area contributed by atoms with Gasteiger partial charge in [-0.3, -0.25) is 14.4 Å². The van der Waals surface area contributed by atoms with E-state index in [-0.39, 0.29) is 17.7 Å². The first-order valence-electron chi connectivity index (χ1n) is 16.0. The molecule has 0 aromatic carbocycles. The van der Waals surface area contributed by atoms with Gasteiger partial charge in [-0.15, -0.1) is 0 Å². The average Bonchev–Trinajstić information content (AvgIpc) is 3.34. The zero-order valence-corrected chi connectivity index (χ0v) is 26.3. The zero-order chi connectivity index (χ0) is 29.9. The predicted molar refractivity (Wildman–Crippen MR) is 159 cm³/mol. The monoisotopic (exact) mass is 583 g/mol. The van der Waals surface area contributed by atoms with E-state index in [1.165, 1.54) is 0 Å². The van der Waals surface area contributed by atoms with Crippen molar-refractivity contribution in [3.8, 4) is 0 Å². The molecule has 10 nitrogen and oxygen atoms in total. The predicted octanol–water partition coefficient (Wildman–Crippen LogP) is 3.37. The molecule has 3 amide bonds. The smallest absolute Gasteiger partial charge is 0.222 e. The SMILES string of the molecule is CCC(C)COCCN1CCCC1=O.CCC(C)COCCN1CCCC1=O.O=C1CCCN1CCOCC1CO1. The molecule has 10 heteroatoms. The number of ether oxygens (including phenoxy) is 4. The van der Waals surface area contributed by atoms with Crippen LogP contribution in [0.5, 0.6) is 0 Å². The van der Waals surface area contributed by atoms with Gasteiger partial charge < -0.3 is 33.6 Å². The highest BCUT2D eigenvalue weighted by molar-refractivity contribution is 5.78. The topological polar surface area (TPSA) is 101 Å². The van der Waals surface area contributed by atoms with E-state index in [9.17, 15) is 14.4 Å². The molecular weight excluding hydrogens is 526 g/mol. The molecule has 4 saturated heterocycles. The van der Waals surface area contributed by atoms with E-state index in [0.717, 1.165) is 104 Å².